The molecule has 0 fully saturated rings. The van der Waals surface area contributed by atoms with Crippen molar-refractivity contribution in [2.45, 2.75) is 6.92 Å². The lowest BCUT2D eigenvalue weighted by Gasteiger charge is -2.09. The Bertz CT molecular complexity index is 1700. The normalized spacial score (nSPS) is 11.2. The van der Waals surface area contributed by atoms with E-state index < -0.39 is 0 Å². The predicted octanol–water partition coefficient (Wildman–Crippen LogP) is 6.69. The van der Waals surface area contributed by atoms with Crippen LogP contribution in [-0.4, -0.2) is 25.2 Å². The van der Waals surface area contributed by atoms with Crippen molar-refractivity contribution < 1.29 is 9.18 Å². The molecular formula is C30H21FN4O. The number of carbonyl (C=O) groups is 1. The quantitative estimate of drug-likeness (QED) is 0.287. The maximum Gasteiger partial charge on any atom is 0.264 e. The topological polar surface area (TPSA) is 52.7 Å². The van der Waals surface area contributed by atoms with Crippen LogP contribution in [0.3, 0.4) is 0 Å². The van der Waals surface area contributed by atoms with Crippen molar-refractivity contribution in [1.82, 2.24) is 19.3 Å². The van der Waals surface area contributed by atoms with E-state index in [0.717, 1.165) is 16.8 Å². The van der Waals surface area contributed by atoms with Gasteiger partial charge in [0.05, 0.1) is 22.3 Å². The number of hydrogen-bond acceptors (Lipinski definition) is 3. The van der Waals surface area contributed by atoms with Crippen LogP contribution in [-0.2, 0) is 0 Å². The van der Waals surface area contributed by atoms with Crippen molar-refractivity contribution in [2.24, 2.45) is 0 Å². The lowest BCUT2D eigenvalue weighted by atomic mass is 10.1. The Morgan fingerprint density at radius 2 is 1.50 bits per heavy atom. The Morgan fingerprint density at radius 3 is 2.25 bits per heavy atom. The lowest BCUT2D eigenvalue weighted by molar-refractivity contribution is 0.0966. The number of hydrogen-bond donors (Lipinski definition) is 0. The molecule has 5 nitrogen and oxygen atoms in total. The van der Waals surface area contributed by atoms with Gasteiger partial charge < -0.3 is 0 Å². The minimum Gasteiger partial charge on any atom is -0.268 e. The van der Waals surface area contributed by atoms with Gasteiger partial charge in [0, 0.05) is 17.3 Å². The summed E-state index contributed by atoms with van der Waals surface area (Å²) in [6, 6.07) is 30.9. The minimum absolute atomic E-state index is 0.184. The van der Waals surface area contributed by atoms with Crippen LogP contribution in [0.4, 0.5) is 4.39 Å². The lowest BCUT2D eigenvalue weighted by Crippen LogP contribution is -2.13. The van der Waals surface area contributed by atoms with Gasteiger partial charge in [-0.3, -0.25) is 9.36 Å². The number of halogens is 1. The molecule has 0 unspecified atom stereocenters. The molecule has 0 aliphatic rings. The van der Waals surface area contributed by atoms with Crippen LogP contribution in [0, 0.1) is 12.7 Å². The van der Waals surface area contributed by atoms with Gasteiger partial charge in [-0.15, -0.1) is 0 Å². The van der Waals surface area contributed by atoms with Crippen LogP contribution in [0.25, 0.3) is 39.4 Å². The average Bonchev–Trinajstić information content (AvgIpc) is 3.52. The molecule has 0 atom stereocenters. The van der Waals surface area contributed by atoms with Crippen LogP contribution in [0.15, 0.2) is 109 Å². The molecular weight excluding hydrogens is 451 g/mol. The van der Waals surface area contributed by atoms with E-state index in [1.54, 1.807) is 21.4 Å². The Hall–Kier alpha value is -4.84. The summed E-state index contributed by atoms with van der Waals surface area (Å²) in [5.74, 6) is -0.0379. The molecule has 4 aromatic carbocycles. The number of rotatable bonds is 4. The molecule has 6 heteroatoms. The molecule has 0 bridgehead atoms. The molecule has 0 saturated heterocycles. The van der Waals surface area contributed by atoms with E-state index in [2.05, 4.69) is 0 Å². The Kier molecular flexibility index (Phi) is 5.26. The van der Waals surface area contributed by atoms with Gasteiger partial charge in [0.25, 0.3) is 5.91 Å². The number of para-hydroxylation sites is 3. The molecule has 0 aliphatic carbocycles. The highest BCUT2D eigenvalue weighted by molar-refractivity contribution is 6.04. The number of fused-ring (bicyclic) bond motifs is 1. The van der Waals surface area contributed by atoms with Gasteiger partial charge in [-0.2, -0.15) is 5.10 Å². The van der Waals surface area contributed by atoms with Gasteiger partial charge in [-0.05, 0) is 67.6 Å². The fraction of sp³-hybridized carbons (Fsp3) is 0.0333. The van der Waals surface area contributed by atoms with Crippen LogP contribution in [0.1, 0.15) is 15.9 Å². The van der Waals surface area contributed by atoms with E-state index in [0.29, 0.717) is 33.7 Å². The molecule has 0 N–H and O–H groups in total. The molecule has 2 heterocycles. The van der Waals surface area contributed by atoms with Crippen molar-refractivity contribution in [3.05, 3.63) is 126 Å². The second-order valence-electron chi connectivity index (χ2n) is 8.61. The smallest absolute Gasteiger partial charge is 0.264 e. The van der Waals surface area contributed by atoms with Gasteiger partial charge in [-0.1, -0.05) is 48.0 Å². The molecule has 2 aromatic heterocycles. The van der Waals surface area contributed by atoms with E-state index in [1.165, 1.54) is 12.1 Å². The summed E-state index contributed by atoms with van der Waals surface area (Å²) in [6.45, 7) is 1.99. The summed E-state index contributed by atoms with van der Waals surface area (Å²) >= 11 is 0. The number of imidazole rings is 1. The molecule has 0 spiro atoms. The van der Waals surface area contributed by atoms with Gasteiger partial charge in [0.15, 0.2) is 5.82 Å². The monoisotopic (exact) mass is 472 g/mol. The van der Waals surface area contributed by atoms with E-state index >= 15 is 0 Å². The fourth-order valence-electron chi connectivity index (χ4n) is 4.31. The Labute approximate surface area is 207 Å². The molecule has 0 aliphatic heterocycles. The van der Waals surface area contributed by atoms with Gasteiger partial charge in [-0.25, -0.2) is 14.1 Å². The third-order valence-corrected chi connectivity index (χ3v) is 6.16. The SMILES string of the molecule is Cc1ccc(C(=O)n2c(-c3cn(-c4ccccc4)nc3-c3ccc(F)cc3)nc3ccccc32)cc1. The molecule has 174 valence electrons. The van der Waals surface area contributed by atoms with Crippen LogP contribution in [0.2, 0.25) is 0 Å². The average molecular weight is 473 g/mol. The first-order valence-corrected chi connectivity index (χ1v) is 11.6. The molecule has 0 saturated carbocycles. The summed E-state index contributed by atoms with van der Waals surface area (Å²) in [4.78, 5) is 18.7. The van der Waals surface area contributed by atoms with Gasteiger partial charge in [0.1, 0.15) is 11.5 Å². The molecule has 0 radical (unpaired) electrons. The first-order valence-electron chi connectivity index (χ1n) is 11.6. The Morgan fingerprint density at radius 1 is 0.806 bits per heavy atom. The number of aromatic nitrogens is 4. The first kappa shape index (κ1) is 21.7. The molecule has 36 heavy (non-hydrogen) atoms. The van der Waals surface area contributed by atoms with Crippen molar-refractivity contribution in [2.75, 3.05) is 0 Å². The third-order valence-electron chi connectivity index (χ3n) is 6.16. The van der Waals surface area contributed by atoms with Crippen molar-refractivity contribution >= 4 is 16.9 Å². The molecule has 0 amide bonds. The molecule has 6 rings (SSSR count). The van der Waals surface area contributed by atoms with Crippen molar-refractivity contribution in [3.8, 4) is 28.3 Å². The molecule has 6 aromatic rings. The first-order chi connectivity index (χ1) is 17.6. The summed E-state index contributed by atoms with van der Waals surface area (Å²) < 4.78 is 17.1. The standard InChI is InChI=1S/C30H21FN4O/c1-20-11-13-22(14-12-20)30(36)35-27-10-6-5-9-26(27)32-29(35)25-19-34(24-7-3-2-4-8-24)33-28(25)21-15-17-23(31)18-16-21/h2-19H,1H3. The van der Waals surface area contributed by atoms with E-state index in [9.17, 15) is 9.18 Å². The number of nitrogens with zero attached hydrogens (tertiary/aromatic N) is 4. The fourth-order valence-corrected chi connectivity index (χ4v) is 4.31. The van der Waals surface area contributed by atoms with Gasteiger partial charge in [0.2, 0.25) is 0 Å². The zero-order valence-electron chi connectivity index (χ0n) is 19.5. The van der Waals surface area contributed by atoms with Crippen LogP contribution < -0.4 is 0 Å². The predicted molar refractivity (Wildman–Crippen MR) is 139 cm³/mol. The summed E-state index contributed by atoms with van der Waals surface area (Å²) in [6.07, 6.45) is 1.87. The zero-order valence-corrected chi connectivity index (χ0v) is 19.5. The second kappa shape index (κ2) is 8.74. The third kappa shape index (κ3) is 3.79. The minimum atomic E-state index is -0.329. The second-order valence-corrected chi connectivity index (χ2v) is 8.61. The van der Waals surface area contributed by atoms with E-state index in [4.69, 9.17) is 10.1 Å². The Balaban J connectivity index is 1.62. The highest BCUT2D eigenvalue weighted by atomic mass is 19.1. The maximum atomic E-state index is 13.8. The summed E-state index contributed by atoms with van der Waals surface area (Å²) in [7, 11) is 0. The van der Waals surface area contributed by atoms with Crippen LogP contribution >= 0.6 is 0 Å². The van der Waals surface area contributed by atoms with Crippen LogP contribution in [0.5, 0.6) is 0 Å². The maximum absolute atomic E-state index is 13.8. The zero-order chi connectivity index (χ0) is 24.6. The highest BCUT2D eigenvalue weighted by Gasteiger charge is 2.24. The summed E-state index contributed by atoms with van der Waals surface area (Å²) in [5.41, 5.74) is 5.89. The number of carbonyl (C=O) groups excluding carboxylic acids is 1. The summed E-state index contributed by atoms with van der Waals surface area (Å²) in [5, 5.41) is 4.84. The van der Waals surface area contributed by atoms with Gasteiger partial charge >= 0.3 is 0 Å². The number of aryl methyl sites for hydroxylation is 1. The van der Waals surface area contributed by atoms with Crippen molar-refractivity contribution in [3.63, 3.8) is 0 Å². The number of benzene rings is 4. The highest BCUT2D eigenvalue weighted by Crippen LogP contribution is 2.34. The van der Waals surface area contributed by atoms with E-state index in [-0.39, 0.29) is 11.7 Å². The largest absolute Gasteiger partial charge is 0.268 e. The van der Waals surface area contributed by atoms with E-state index in [1.807, 2.05) is 92.0 Å². The van der Waals surface area contributed by atoms with Crippen molar-refractivity contribution in [1.29, 1.82) is 0 Å².